The van der Waals surface area contributed by atoms with Crippen LogP contribution in [0.25, 0.3) is 5.65 Å². The third-order valence-electron chi connectivity index (χ3n) is 4.34. The molecule has 1 aliphatic rings. The molecule has 2 unspecified atom stereocenters. The first-order valence-corrected chi connectivity index (χ1v) is 8.55. The number of rotatable bonds is 6. The summed E-state index contributed by atoms with van der Waals surface area (Å²) in [6.07, 6.45) is 7.35. The van der Waals surface area contributed by atoms with E-state index in [1.54, 1.807) is 4.52 Å². The van der Waals surface area contributed by atoms with Gasteiger partial charge < -0.3 is 15.8 Å². The molecule has 7 heteroatoms. The summed E-state index contributed by atoms with van der Waals surface area (Å²) in [5, 5.41) is 7.95. The van der Waals surface area contributed by atoms with Crippen molar-refractivity contribution in [1.82, 2.24) is 24.9 Å². The number of nitrogens with zero attached hydrogens (tertiary/aromatic N) is 4. The molecule has 0 aromatic carbocycles. The van der Waals surface area contributed by atoms with Crippen molar-refractivity contribution >= 4 is 11.5 Å². The summed E-state index contributed by atoms with van der Waals surface area (Å²) in [6, 6.07) is 0.331. The van der Waals surface area contributed by atoms with E-state index in [0.29, 0.717) is 23.4 Å². The van der Waals surface area contributed by atoms with Crippen LogP contribution in [0.2, 0.25) is 0 Å². The molecule has 2 aromatic rings. The highest BCUT2D eigenvalue weighted by molar-refractivity contribution is 5.59. The molecule has 0 radical (unpaired) electrons. The first kappa shape index (κ1) is 16.0. The number of nitrogens with one attached hydrogen (secondary N) is 1. The number of nitrogens with two attached hydrogens (primary N) is 1. The monoisotopic (exact) mass is 318 g/mol. The van der Waals surface area contributed by atoms with Gasteiger partial charge in [-0.25, -0.2) is 9.50 Å². The zero-order chi connectivity index (χ0) is 16.2. The lowest BCUT2D eigenvalue weighted by atomic mass is 9.95. The maximum Gasteiger partial charge on any atom is 0.336 e. The lowest BCUT2D eigenvalue weighted by molar-refractivity contribution is 0.189. The molecule has 1 saturated heterocycles. The van der Waals surface area contributed by atoms with Crippen molar-refractivity contribution < 1.29 is 4.74 Å². The summed E-state index contributed by atoms with van der Waals surface area (Å²) in [6.45, 7) is 6.32. The molecule has 0 bridgehead atoms. The molecule has 1 fully saturated rings. The van der Waals surface area contributed by atoms with Crippen LogP contribution in [0.5, 0.6) is 6.01 Å². The lowest BCUT2D eigenvalue weighted by Crippen LogP contribution is -2.31. The number of piperidine rings is 1. The Morgan fingerprint density at radius 1 is 1.52 bits per heavy atom. The van der Waals surface area contributed by atoms with Crippen LogP contribution in [0.3, 0.4) is 0 Å². The molecule has 23 heavy (non-hydrogen) atoms. The van der Waals surface area contributed by atoms with Crippen LogP contribution in [0.4, 0.5) is 5.82 Å². The van der Waals surface area contributed by atoms with Crippen molar-refractivity contribution in [3.8, 4) is 6.01 Å². The van der Waals surface area contributed by atoms with Crippen LogP contribution in [-0.4, -0.2) is 38.8 Å². The van der Waals surface area contributed by atoms with Gasteiger partial charge in [-0.05, 0) is 51.6 Å². The summed E-state index contributed by atoms with van der Waals surface area (Å²) < 4.78 is 7.59. The Morgan fingerprint density at radius 3 is 3.13 bits per heavy atom. The van der Waals surface area contributed by atoms with Gasteiger partial charge in [0.05, 0.1) is 18.0 Å². The fraction of sp³-hybridized carbons (Fsp3) is 0.688. The van der Waals surface area contributed by atoms with Crippen molar-refractivity contribution in [3.63, 3.8) is 0 Å². The zero-order valence-electron chi connectivity index (χ0n) is 14.0. The molecule has 2 atom stereocenters. The quantitative estimate of drug-likeness (QED) is 0.844. The molecular weight excluding hydrogens is 292 g/mol. The van der Waals surface area contributed by atoms with Gasteiger partial charge in [0, 0.05) is 0 Å². The Hall–Kier alpha value is -1.89. The Labute approximate surface area is 136 Å². The van der Waals surface area contributed by atoms with Crippen LogP contribution in [0, 0.1) is 5.92 Å². The smallest absolute Gasteiger partial charge is 0.336 e. The van der Waals surface area contributed by atoms with E-state index < -0.39 is 0 Å². The number of anilines is 1. The highest BCUT2D eigenvalue weighted by atomic mass is 16.5. The Balaban J connectivity index is 1.83. The highest BCUT2D eigenvalue weighted by Gasteiger charge is 2.18. The summed E-state index contributed by atoms with van der Waals surface area (Å²) >= 11 is 0. The number of fused-ring (bicyclic) bond motifs is 1. The molecule has 7 nitrogen and oxygen atoms in total. The molecule has 0 saturated carbocycles. The molecule has 0 amide bonds. The second-order valence-corrected chi connectivity index (χ2v) is 6.40. The highest BCUT2D eigenvalue weighted by Crippen LogP contribution is 2.20. The van der Waals surface area contributed by atoms with Gasteiger partial charge in [0.25, 0.3) is 0 Å². The Bertz CT molecular complexity index is 649. The first-order valence-electron chi connectivity index (χ1n) is 8.55. The summed E-state index contributed by atoms with van der Waals surface area (Å²) in [5.74, 6) is 0.981. The average molecular weight is 318 g/mol. The second-order valence-electron chi connectivity index (χ2n) is 6.40. The molecule has 0 aliphatic carbocycles. The zero-order valence-corrected chi connectivity index (χ0v) is 14.0. The minimum absolute atomic E-state index is 0.0753. The fourth-order valence-corrected chi connectivity index (χ4v) is 3.16. The molecule has 126 valence electrons. The average Bonchev–Trinajstić information content (AvgIpc) is 2.92. The summed E-state index contributed by atoms with van der Waals surface area (Å²) in [4.78, 5) is 8.61. The van der Waals surface area contributed by atoms with Crippen molar-refractivity contribution in [2.45, 2.75) is 52.1 Å². The van der Waals surface area contributed by atoms with Gasteiger partial charge in [0.2, 0.25) is 0 Å². The van der Waals surface area contributed by atoms with E-state index >= 15 is 0 Å². The van der Waals surface area contributed by atoms with Gasteiger partial charge in [-0.15, -0.1) is 5.10 Å². The maximum atomic E-state index is 6.03. The maximum absolute atomic E-state index is 6.03. The van der Waals surface area contributed by atoms with Gasteiger partial charge in [-0.1, -0.05) is 13.3 Å². The van der Waals surface area contributed by atoms with E-state index in [1.807, 2.05) is 13.1 Å². The minimum atomic E-state index is 0.0753. The number of hydrogen-bond donors (Lipinski definition) is 2. The van der Waals surface area contributed by atoms with E-state index in [2.05, 4.69) is 27.3 Å². The van der Waals surface area contributed by atoms with Crippen molar-refractivity contribution in [2.24, 2.45) is 5.92 Å². The molecule has 3 N–H and O–H groups in total. The normalized spacial score (nSPS) is 19.8. The predicted octanol–water partition coefficient (Wildman–Crippen LogP) is 1.82. The van der Waals surface area contributed by atoms with E-state index in [4.69, 9.17) is 10.5 Å². The van der Waals surface area contributed by atoms with Gasteiger partial charge in [0.1, 0.15) is 0 Å². The molecule has 3 heterocycles. The van der Waals surface area contributed by atoms with E-state index in [1.165, 1.54) is 12.8 Å². The number of hydrogen-bond acceptors (Lipinski definition) is 6. The minimum Gasteiger partial charge on any atom is -0.459 e. The summed E-state index contributed by atoms with van der Waals surface area (Å²) in [7, 11) is 0. The molecule has 3 rings (SSSR count). The van der Waals surface area contributed by atoms with Crippen molar-refractivity contribution in [3.05, 3.63) is 11.9 Å². The van der Waals surface area contributed by atoms with Crippen LogP contribution >= 0.6 is 0 Å². The SMILES string of the molecule is CCCC(C)Oc1nc(N)c2ncc(CC3CCCNC3)n2n1. The second kappa shape index (κ2) is 7.12. The molecular formula is C16H26N6O. The Morgan fingerprint density at radius 2 is 2.39 bits per heavy atom. The third-order valence-corrected chi connectivity index (χ3v) is 4.34. The predicted molar refractivity (Wildman–Crippen MR) is 89.5 cm³/mol. The standard InChI is InChI=1S/C16H26N6O/c1-3-5-11(2)23-16-20-14(17)15-19-10-13(22(15)21-16)8-12-6-4-7-18-9-12/h10-12,18H,3-9H2,1-2H3,(H2,17,20,21). The number of imidazole rings is 1. The van der Waals surface area contributed by atoms with Crippen LogP contribution in [0.1, 0.15) is 45.2 Å². The van der Waals surface area contributed by atoms with E-state index in [0.717, 1.165) is 38.0 Å². The van der Waals surface area contributed by atoms with Crippen molar-refractivity contribution in [2.75, 3.05) is 18.8 Å². The summed E-state index contributed by atoms with van der Waals surface area (Å²) in [5.41, 5.74) is 7.70. The van der Waals surface area contributed by atoms with Gasteiger partial charge >= 0.3 is 6.01 Å². The number of ether oxygens (including phenoxy) is 1. The third kappa shape index (κ3) is 3.72. The van der Waals surface area contributed by atoms with Crippen molar-refractivity contribution in [1.29, 1.82) is 0 Å². The van der Waals surface area contributed by atoms with Crippen LogP contribution < -0.4 is 15.8 Å². The molecule has 2 aromatic heterocycles. The van der Waals surface area contributed by atoms with E-state index in [9.17, 15) is 0 Å². The topological polar surface area (TPSA) is 90.4 Å². The van der Waals surface area contributed by atoms with Gasteiger partial charge in [-0.2, -0.15) is 4.98 Å². The van der Waals surface area contributed by atoms with E-state index in [-0.39, 0.29) is 6.10 Å². The van der Waals surface area contributed by atoms with Crippen LogP contribution in [-0.2, 0) is 6.42 Å². The molecule has 1 aliphatic heterocycles. The fourth-order valence-electron chi connectivity index (χ4n) is 3.16. The lowest BCUT2D eigenvalue weighted by Gasteiger charge is -2.22. The first-order chi connectivity index (χ1) is 11.2. The number of nitrogen functional groups attached to an aromatic ring is 1. The molecule has 0 spiro atoms. The Kier molecular flexibility index (Phi) is 4.95. The number of aromatic nitrogens is 4. The van der Waals surface area contributed by atoms with Crippen LogP contribution in [0.15, 0.2) is 6.20 Å². The van der Waals surface area contributed by atoms with Gasteiger partial charge in [0.15, 0.2) is 11.5 Å². The largest absolute Gasteiger partial charge is 0.459 e. The van der Waals surface area contributed by atoms with Gasteiger partial charge in [-0.3, -0.25) is 0 Å².